The topological polar surface area (TPSA) is 133 Å². The quantitative estimate of drug-likeness (QED) is 0.476. The number of anilines is 1. The Hall–Kier alpha value is -3.07. The number of benzene rings is 1. The van der Waals surface area contributed by atoms with E-state index in [0.717, 1.165) is 0 Å². The molecule has 0 bridgehead atoms. The zero-order valence-electron chi connectivity index (χ0n) is 16.0. The van der Waals surface area contributed by atoms with Gasteiger partial charge >= 0.3 is 10.4 Å². The first kappa shape index (κ1) is 20.2. The van der Waals surface area contributed by atoms with Crippen LogP contribution in [0.1, 0.15) is 31.5 Å². The van der Waals surface area contributed by atoms with E-state index in [9.17, 15) is 12.8 Å². The summed E-state index contributed by atoms with van der Waals surface area (Å²) in [5.41, 5.74) is 5.99. The predicted molar refractivity (Wildman–Crippen MR) is 107 cm³/mol. The van der Waals surface area contributed by atoms with Crippen molar-refractivity contribution in [1.29, 1.82) is 0 Å². The summed E-state index contributed by atoms with van der Waals surface area (Å²) in [5.74, 6) is 5.66. The molecule has 11 heteroatoms. The van der Waals surface area contributed by atoms with Gasteiger partial charge in [0.25, 0.3) is 0 Å². The Morgan fingerprint density at radius 2 is 2.00 bits per heavy atom. The summed E-state index contributed by atoms with van der Waals surface area (Å²) >= 11 is 0. The lowest BCUT2D eigenvalue weighted by atomic mass is 10.0. The van der Waals surface area contributed by atoms with E-state index in [4.69, 9.17) is 14.5 Å². The molecule has 3 aromatic rings. The second-order valence-corrected chi connectivity index (χ2v) is 8.09. The van der Waals surface area contributed by atoms with Gasteiger partial charge in [-0.3, -0.25) is 4.55 Å². The third-order valence-corrected chi connectivity index (χ3v) is 5.44. The molecule has 1 saturated carbocycles. The lowest BCUT2D eigenvalue weighted by Gasteiger charge is -2.19. The van der Waals surface area contributed by atoms with Crippen molar-refractivity contribution >= 4 is 27.4 Å². The molecule has 9 nitrogen and oxygen atoms in total. The van der Waals surface area contributed by atoms with Crippen LogP contribution in [-0.2, 0) is 21.6 Å². The minimum Gasteiger partial charge on any atom is -0.382 e. The average molecular weight is 431 g/mol. The summed E-state index contributed by atoms with van der Waals surface area (Å²) < 4.78 is 51.6. The van der Waals surface area contributed by atoms with Crippen LogP contribution in [0.25, 0.3) is 22.6 Å². The minimum atomic E-state index is -4.66. The van der Waals surface area contributed by atoms with Crippen LogP contribution < -0.4 is 5.73 Å². The zero-order valence-corrected chi connectivity index (χ0v) is 16.8. The third kappa shape index (κ3) is 3.97. The van der Waals surface area contributed by atoms with E-state index in [2.05, 4.69) is 26.8 Å². The fourth-order valence-corrected chi connectivity index (χ4v) is 4.18. The number of hydrogen-bond acceptors (Lipinski definition) is 7. The van der Waals surface area contributed by atoms with Gasteiger partial charge in [-0.1, -0.05) is 18.1 Å². The van der Waals surface area contributed by atoms with Crippen LogP contribution in [0.15, 0.2) is 24.3 Å². The number of nitrogens with two attached hydrogens (primary N) is 1. The van der Waals surface area contributed by atoms with Crippen molar-refractivity contribution in [3.05, 3.63) is 35.9 Å². The highest BCUT2D eigenvalue weighted by atomic mass is 32.3. The van der Waals surface area contributed by atoms with Gasteiger partial charge in [-0.25, -0.2) is 23.5 Å². The molecule has 2 aromatic heterocycles. The molecule has 0 radical (unpaired) electrons. The van der Waals surface area contributed by atoms with Gasteiger partial charge in [-0.2, -0.15) is 8.42 Å². The smallest absolute Gasteiger partial charge is 0.382 e. The molecule has 0 unspecified atom stereocenters. The van der Waals surface area contributed by atoms with Gasteiger partial charge in [0.15, 0.2) is 22.6 Å². The Morgan fingerprint density at radius 3 is 2.67 bits per heavy atom. The predicted octanol–water partition coefficient (Wildman–Crippen LogP) is 2.24. The molecule has 0 atom stereocenters. The zero-order chi connectivity index (χ0) is 21.5. The van der Waals surface area contributed by atoms with Gasteiger partial charge < -0.3 is 10.3 Å². The van der Waals surface area contributed by atoms with Gasteiger partial charge in [0.05, 0.1) is 0 Å². The highest BCUT2D eigenvalue weighted by molar-refractivity contribution is 7.80. The van der Waals surface area contributed by atoms with Crippen LogP contribution >= 0.6 is 0 Å². The molecule has 2 heterocycles. The molecule has 1 fully saturated rings. The van der Waals surface area contributed by atoms with Gasteiger partial charge in [0.1, 0.15) is 11.6 Å². The molecule has 1 aliphatic rings. The number of nitrogens with zero attached hydrogens (tertiary/aromatic N) is 4. The molecular weight excluding hydrogens is 413 g/mol. The van der Waals surface area contributed by atoms with Gasteiger partial charge in [-0.05, 0) is 43.7 Å². The number of imidazole rings is 1. The Morgan fingerprint density at radius 1 is 1.27 bits per heavy atom. The molecule has 4 rings (SSSR count). The van der Waals surface area contributed by atoms with E-state index in [1.807, 2.05) is 0 Å². The van der Waals surface area contributed by atoms with E-state index in [1.165, 1.54) is 12.1 Å². The van der Waals surface area contributed by atoms with Crippen LogP contribution in [0.5, 0.6) is 0 Å². The summed E-state index contributed by atoms with van der Waals surface area (Å²) in [7, 11) is -2.96. The molecule has 0 spiro atoms. The molecule has 0 saturated heterocycles. The first-order valence-corrected chi connectivity index (χ1v) is 10.5. The first-order chi connectivity index (χ1) is 14.2. The van der Waals surface area contributed by atoms with Crippen molar-refractivity contribution in [3.63, 3.8) is 0 Å². The van der Waals surface area contributed by atoms with E-state index in [-0.39, 0.29) is 11.6 Å². The van der Waals surface area contributed by atoms with Crippen molar-refractivity contribution in [3.8, 4) is 23.2 Å². The number of aromatic nitrogens is 4. The van der Waals surface area contributed by atoms with Crippen molar-refractivity contribution in [1.82, 2.24) is 19.5 Å². The van der Waals surface area contributed by atoms with Crippen molar-refractivity contribution < 1.29 is 21.5 Å². The second-order valence-electron chi connectivity index (χ2n) is 7.07. The molecule has 3 N–H and O–H groups in total. The first-order valence-electron chi connectivity index (χ1n) is 9.13. The SMILES string of the molecule is Cn1c(-c2cccc(F)c2)nc2c(N)nc(C#CC3(OS(=O)(=O)O)CCCC3)nc21. The van der Waals surface area contributed by atoms with Gasteiger partial charge in [0, 0.05) is 12.6 Å². The van der Waals surface area contributed by atoms with Crippen LogP contribution in [-0.4, -0.2) is 38.1 Å². The summed E-state index contributed by atoms with van der Waals surface area (Å²) in [6.45, 7) is 0. The molecular formula is C19H18FN5O4S. The van der Waals surface area contributed by atoms with Crippen molar-refractivity contribution in [2.24, 2.45) is 7.05 Å². The summed E-state index contributed by atoms with van der Waals surface area (Å²) in [6, 6.07) is 5.97. The van der Waals surface area contributed by atoms with Crippen molar-refractivity contribution in [2.45, 2.75) is 31.3 Å². The van der Waals surface area contributed by atoms with E-state index >= 15 is 0 Å². The number of hydrogen-bond donors (Lipinski definition) is 2. The number of halogens is 1. The largest absolute Gasteiger partial charge is 0.398 e. The number of nitrogen functional groups attached to an aromatic ring is 1. The summed E-state index contributed by atoms with van der Waals surface area (Å²) in [6.07, 6.45) is 2.13. The van der Waals surface area contributed by atoms with E-state index in [1.54, 1.807) is 23.7 Å². The Bertz CT molecular complexity index is 1300. The molecule has 30 heavy (non-hydrogen) atoms. The highest BCUT2D eigenvalue weighted by Gasteiger charge is 2.37. The fourth-order valence-electron chi connectivity index (χ4n) is 3.57. The minimum absolute atomic E-state index is 0.0546. The maximum atomic E-state index is 13.6. The van der Waals surface area contributed by atoms with Crippen molar-refractivity contribution in [2.75, 3.05) is 5.73 Å². The number of fused-ring (bicyclic) bond motifs is 1. The third-order valence-electron chi connectivity index (χ3n) is 4.91. The number of aryl methyl sites for hydroxylation is 1. The second kappa shape index (κ2) is 7.32. The lowest BCUT2D eigenvalue weighted by molar-refractivity contribution is 0.126. The van der Waals surface area contributed by atoms with Gasteiger partial charge in [0.2, 0.25) is 5.82 Å². The maximum Gasteiger partial charge on any atom is 0.398 e. The molecule has 1 aliphatic carbocycles. The molecule has 0 aliphatic heterocycles. The van der Waals surface area contributed by atoms with Crippen LogP contribution in [0.2, 0.25) is 0 Å². The Balaban J connectivity index is 1.77. The average Bonchev–Trinajstić information content (AvgIpc) is 3.24. The molecule has 156 valence electrons. The van der Waals surface area contributed by atoms with E-state index in [0.29, 0.717) is 48.2 Å². The normalized spacial score (nSPS) is 15.8. The summed E-state index contributed by atoms with van der Waals surface area (Å²) in [5, 5.41) is 0. The summed E-state index contributed by atoms with van der Waals surface area (Å²) in [4.78, 5) is 12.9. The Kier molecular flexibility index (Phi) is 4.93. The number of rotatable bonds is 3. The fraction of sp³-hybridized carbons (Fsp3) is 0.316. The standard InChI is InChI=1S/C19H18FN5O4S/c1-25-17(12-5-4-6-13(20)11-12)24-15-16(21)22-14(23-18(15)25)7-10-19(8-2-3-9-19)29-30(26,27)28/h4-6,11H,2-3,8-9H2,1H3,(H2,21,22,23)(H,26,27,28). The van der Waals surface area contributed by atoms with Crippen LogP contribution in [0.4, 0.5) is 10.2 Å². The Labute approximate surface area is 172 Å². The maximum absolute atomic E-state index is 13.6. The van der Waals surface area contributed by atoms with Crippen LogP contribution in [0, 0.1) is 17.7 Å². The monoisotopic (exact) mass is 431 g/mol. The molecule has 1 aromatic carbocycles. The van der Waals surface area contributed by atoms with E-state index < -0.39 is 21.8 Å². The van der Waals surface area contributed by atoms with Crippen LogP contribution in [0.3, 0.4) is 0 Å². The highest BCUT2D eigenvalue weighted by Crippen LogP contribution is 2.34. The molecule has 0 amide bonds. The lowest BCUT2D eigenvalue weighted by Crippen LogP contribution is -2.30. The van der Waals surface area contributed by atoms with Gasteiger partial charge in [-0.15, -0.1) is 0 Å².